The molecule has 3 heterocycles. The summed E-state index contributed by atoms with van der Waals surface area (Å²) in [6.45, 7) is 0.896. The molecule has 3 aromatic rings. The summed E-state index contributed by atoms with van der Waals surface area (Å²) in [5, 5.41) is 1.25. The van der Waals surface area contributed by atoms with Crippen LogP contribution in [0.25, 0.3) is 10.1 Å². The van der Waals surface area contributed by atoms with Gasteiger partial charge >= 0.3 is 0 Å². The number of carbonyl (C=O) groups excluding carboxylic acids is 2. The lowest BCUT2D eigenvalue weighted by Crippen LogP contribution is -2.52. The molecule has 2 N–H and O–H groups in total. The number of thiophene rings is 1. The number of ketones is 1. The summed E-state index contributed by atoms with van der Waals surface area (Å²) in [7, 11) is 1.59. The molecule has 0 saturated carbocycles. The molecule has 1 amide bonds. The molecule has 160 valence electrons. The number of nitrogens with zero attached hydrogens (tertiary/aromatic N) is 1. The van der Waals surface area contributed by atoms with Gasteiger partial charge in [-0.1, -0.05) is 12.1 Å². The van der Waals surface area contributed by atoms with Crippen molar-refractivity contribution in [1.82, 2.24) is 4.90 Å². The number of rotatable bonds is 2. The molecule has 0 unspecified atom stereocenters. The average molecular weight is 440 g/mol. The topological polar surface area (TPSA) is 81.9 Å². The van der Waals surface area contributed by atoms with Crippen LogP contribution in [0.15, 0.2) is 36.4 Å². The Morgan fingerprint density at radius 1 is 1.26 bits per heavy atom. The third kappa shape index (κ3) is 3.22. The van der Waals surface area contributed by atoms with E-state index in [-0.39, 0.29) is 23.7 Å². The van der Waals surface area contributed by atoms with E-state index in [1.807, 2.05) is 18.2 Å². The van der Waals surface area contributed by atoms with Gasteiger partial charge in [-0.15, -0.1) is 11.3 Å². The van der Waals surface area contributed by atoms with Crippen LogP contribution in [0.3, 0.4) is 0 Å². The Bertz CT molecular complexity index is 1210. The van der Waals surface area contributed by atoms with Crippen LogP contribution < -0.4 is 15.2 Å². The van der Waals surface area contributed by atoms with Crippen molar-refractivity contribution < 1.29 is 23.5 Å². The maximum Gasteiger partial charge on any atom is 0.257 e. The molecule has 0 radical (unpaired) electrons. The summed E-state index contributed by atoms with van der Waals surface area (Å²) >= 11 is 1.34. The lowest BCUT2D eigenvalue weighted by molar-refractivity contribution is -0.00571. The van der Waals surface area contributed by atoms with E-state index in [0.29, 0.717) is 48.0 Å². The minimum Gasteiger partial charge on any atom is -0.495 e. The Kier molecular flexibility index (Phi) is 4.62. The first-order valence-corrected chi connectivity index (χ1v) is 10.9. The number of methoxy groups -OCH3 is 1. The highest BCUT2D eigenvalue weighted by Gasteiger charge is 2.44. The summed E-state index contributed by atoms with van der Waals surface area (Å²) in [5.41, 5.74) is 6.34. The number of piperidine rings is 1. The minimum absolute atomic E-state index is 0.124. The molecule has 0 atom stereocenters. The number of anilines is 1. The lowest BCUT2D eigenvalue weighted by atomic mass is 9.82. The lowest BCUT2D eigenvalue weighted by Gasteiger charge is -2.44. The molecule has 1 fully saturated rings. The number of fused-ring (bicyclic) bond motifs is 2. The highest BCUT2D eigenvalue weighted by Crippen LogP contribution is 2.42. The highest BCUT2D eigenvalue weighted by molar-refractivity contribution is 7.23. The average Bonchev–Trinajstić information content (AvgIpc) is 3.10. The molecule has 2 aliphatic heterocycles. The Labute approximate surface area is 182 Å². The first kappa shape index (κ1) is 19.8. The largest absolute Gasteiger partial charge is 0.495 e. The van der Waals surface area contributed by atoms with Gasteiger partial charge in [-0.25, -0.2) is 4.39 Å². The number of nitrogen functional groups attached to an aromatic ring is 1. The normalized spacial score (nSPS) is 17.5. The van der Waals surface area contributed by atoms with Crippen molar-refractivity contribution in [3.05, 3.63) is 53.3 Å². The first-order chi connectivity index (χ1) is 14.9. The van der Waals surface area contributed by atoms with Crippen molar-refractivity contribution in [2.24, 2.45) is 0 Å². The number of halogens is 1. The van der Waals surface area contributed by atoms with Crippen molar-refractivity contribution >= 4 is 38.1 Å². The van der Waals surface area contributed by atoms with Gasteiger partial charge in [-0.2, -0.15) is 0 Å². The van der Waals surface area contributed by atoms with Crippen LogP contribution in [0, 0.1) is 5.82 Å². The van der Waals surface area contributed by atoms with Crippen molar-refractivity contribution in [2.45, 2.75) is 24.9 Å². The zero-order valence-corrected chi connectivity index (χ0v) is 17.8. The Hall–Kier alpha value is -3.13. The number of Topliss-reactive ketones (excluding diaryl/α,β-unsaturated/α-hetero) is 1. The summed E-state index contributed by atoms with van der Waals surface area (Å²) in [4.78, 5) is 27.7. The third-order valence-corrected chi connectivity index (χ3v) is 7.20. The minimum atomic E-state index is -0.663. The maximum absolute atomic E-state index is 13.5. The van der Waals surface area contributed by atoms with Crippen molar-refractivity contribution in [3.63, 3.8) is 0 Å². The SMILES string of the molecule is COc1cccc2c(C(=O)N3CCC4(CC3)CC(=O)c3cc(F)ccc3O4)c(N)sc12. The van der Waals surface area contributed by atoms with E-state index in [2.05, 4.69) is 0 Å². The van der Waals surface area contributed by atoms with Crippen LogP contribution in [-0.4, -0.2) is 42.4 Å². The molecular weight excluding hydrogens is 419 g/mol. The summed E-state index contributed by atoms with van der Waals surface area (Å²) in [6.07, 6.45) is 1.23. The van der Waals surface area contributed by atoms with E-state index in [0.717, 1.165) is 10.1 Å². The number of carbonyl (C=O) groups is 2. The van der Waals surface area contributed by atoms with E-state index in [1.165, 1.54) is 29.5 Å². The van der Waals surface area contributed by atoms with Crippen molar-refractivity contribution in [2.75, 3.05) is 25.9 Å². The molecule has 2 aliphatic rings. The predicted molar refractivity (Wildman–Crippen MR) is 117 cm³/mol. The highest BCUT2D eigenvalue weighted by atomic mass is 32.1. The van der Waals surface area contributed by atoms with Gasteiger partial charge in [-0.3, -0.25) is 9.59 Å². The molecule has 0 bridgehead atoms. The molecule has 1 saturated heterocycles. The summed E-state index contributed by atoms with van der Waals surface area (Å²) < 4.78 is 25.9. The van der Waals surface area contributed by atoms with Crippen LogP contribution in [0.5, 0.6) is 11.5 Å². The van der Waals surface area contributed by atoms with Crippen molar-refractivity contribution in [1.29, 1.82) is 0 Å². The summed E-state index contributed by atoms with van der Waals surface area (Å²) in [5.74, 6) is 0.397. The van der Waals surface area contributed by atoms with Crippen LogP contribution in [0.1, 0.15) is 40.0 Å². The number of likely N-dealkylation sites (tertiary alicyclic amines) is 1. The third-order valence-electron chi connectivity index (χ3n) is 6.15. The maximum atomic E-state index is 13.5. The number of hydrogen-bond acceptors (Lipinski definition) is 6. The molecule has 0 aliphatic carbocycles. The van der Waals surface area contributed by atoms with Gasteiger partial charge in [-0.05, 0) is 24.3 Å². The predicted octanol–water partition coefficient (Wildman–Crippen LogP) is 4.27. The van der Waals surface area contributed by atoms with Gasteiger partial charge < -0.3 is 20.1 Å². The van der Waals surface area contributed by atoms with Gasteiger partial charge in [0.1, 0.15) is 22.9 Å². The zero-order chi connectivity index (χ0) is 21.8. The number of hydrogen-bond donors (Lipinski definition) is 1. The van der Waals surface area contributed by atoms with Gasteiger partial charge in [0.25, 0.3) is 5.91 Å². The zero-order valence-electron chi connectivity index (χ0n) is 16.9. The fourth-order valence-electron chi connectivity index (χ4n) is 4.51. The number of amides is 1. The second-order valence-corrected chi connectivity index (χ2v) is 9.05. The van der Waals surface area contributed by atoms with Crippen LogP contribution in [-0.2, 0) is 0 Å². The van der Waals surface area contributed by atoms with E-state index in [1.54, 1.807) is 12.0 Å². The molecule has 1 aromatic heterocycles. The summed E-state index contributed by atoms with van der Waals surface area (Å²) in [6, 6.07) is 9.59. The fraction of sp³-hybridized carbons (Fsp3) is 0.304. The second-order valence-electron chi connectivity index (χ2n) is 8.00. The van der Waals surface area contributed by atoms with Gasteiger partial charge in [0.05, 0.1) is 34.4 Å². The van der Waals surface area contributed by atoms with Gasteiger partial charge in [0, 0.05) is 31.3 Å². The van der Waals surface area contributed by atoms with E-state index in [4.69, 9.17) is 15.2 Å². The fourth-order valence-corrected chi connectivity index (χ4v) is 5.56. The van der Waals surface area contributed by atoms with E-state index >= 15 is 0 Å². The monoisotopic (exact) mass is 440 g/mol. The quantitative estimate of drug-likeness (QED) is 0.644. The van der Waals surface area contributed by atoms with Crippen LogP contribution in [0.2, 0.25) is 0 Å². The number of ether oxygens (including phenoxy) is 2. The number of benzene rings is 2. The van der Waals surface area contributed by atoms with E-state index < -0.39 is 11.4 Å². The number of nitrogens with two attached hydrogens (primary N) is 1. The molecule has 5 rings (SSSR count). The molecule has 2 aromatic carbocycles. The van der Waals surface area contributed by atoms with Crippen molar-refractivity contribution in [3.8, 4) is 11.5 Å². The smallest absolute Gasteiger partial charge is 0.257 e. The van der Waals surface area contributed by atoms with Crippen LogP contribution in [0.4, 0.5) is 9.39 Å². The van der Waals surface area contributed by atoms with E-state index in [9.17, 15) is 14.0 Å². The molecule has 31 heavy (non-hydrogen) atoms. The van der Waals surface area contributed by atoms with Gasteiger partial charge in [0.15, 0.2) is 5.78 Å². The molecule has 8 heteroatoms. The Morgan fingerprint density at radius 2 is 2.03 bits per heavy atom. The van der Waals surface area contributed by atoms with Gasteiger partial charge in [0.2, 0.25) is 0 Å². The first-order valence-electron chi connectivity index (χ1n) is 10.1. The molecule has 6 nitrogen and oxygen atoms in total. The Balaban J connectivity index is 1.37. The Morgan fingerprint density at radius 3 is 2.77 bits per heavy atom. The standard InChI is InChI=1S/C23H21FN2O4S/c1-29-18-4-2-3-14-19(21(25)31-20(14)18)22(28)26-9-7-23(8-10-26)12-16(27)15-11-13(24)5-6-17(15)30-23/h2-6,11H,7-10,12,25H2,1H3. The second kappa shape index (κ2) is 7.23. The molecule has 1 spiro atoms. The van der Waals surface area contributed by atoms with Crippen LogP contribution >= 0.6 is 11.3 Å². The molecular formula is C23H21FN2O4S.